The minimum absolute atomic E-state index is 0.396. The maximum Gasteiger partial charge on any atom is 0.336 e. The van der Waals surface area contributed by atoms with Crippen LogP contribution >= 0.6 is 11.3 Å². The second-order valence-electron chi connectivity index (χ2n) is 4.74. The van der Waals surface area contributed by atoms with Gasteiger partial charge in [0.05, 0.1) is 5.56 Å². The first-order chi connectivity index (χ1) is 8.63. The molecule has 1 aromatic rings. The molecule has 1 rings (SSSR count). The molecule has 0 aliphatic carbocycles. The van der Waals surface area contributed by atoms with Crippen LogP contribution in [0.4, 0.5) is 0 Å². The molecule has 2 N–H and O–H groups in total. The lowest BCUT2D eigenvalue weighted by Crippen LogP contribution is -2.24. The number of hydrogen-bond donors (Lipinski definition) is 2. The number of unbranched alkanes of at least 4 members (excludes halogenated alkanes) is 3. The number of nitrogens with one attached hydrogen (secondary N) is 1. The molecule has 1 aromatic heterocycles. The molecule has 1 atom stereocenters. The van der Waals surface area contributed by atoms with Crippen molar-refractivity contribution in [1.82, 2.24) is 5.32 Å². The molecule has 102 valence electrons. The van der Waals surface area contributed by atoms with E-state index in [-0.39, 0.29) is 0 Å². The van der Waals surface area contributed by atoms with Gasteiger partial charge in [-0.3, -0.25) is 0 Å². The second-order valence-corrected chi connectivity index (χ2v) is 5.73. The Kier molecular flexibility index (Phi) is 6.98. The summed E-state index contributed by atoms with van der Waals surface area (Å²) in [6.07, 6.45) is 6.36. The van der Waals surface area contributed by atoms with Gasteiger partial charge in [0.1, 0.15) is 0 Å². The van der Waals surface area contributed by atoms with Crippen LogP contribution in [0.5, 0.6) is 0 Å². The van der Waals surface area contributed by atoms with Crippen molar-refractivity contribution in [1.29, 1.82) is 0 Å². The average molecular weight is 269 g/mol. The third-order valence-corrected chi connectivity index (χ3v) is 3.95. The topological polar surface area (TPSA) is 49.3 Å². The number of hydrogen-bond acceptors (Lipinski definition) is 3. The van der Waals surface area contributed by atoms with Gasteiger partial charge in [-0.25, -0.2) is 4.79 Å². The average Bonchev–Trinajstić information content (AvgIpc) is 2.81. The maximum absolute atomic E-state index is 10.7. The zero-order valence-corrected chi connectivity index (χ0v) is 12.1. The lowest BCUT2D eigenvalue weighted by Gasteiger charge is -2.12. The van der Waals surface area contributed by atoms with E-state index in [0.29, 0.717) is 11.6 Å². The van der Waals surface area contributed by atoms with Crippen molar-refractivity contribution in [3.63, 3.8) is 0 Å². The zero-order chi connectivity index (χ0) is 13.4. The fourth-order valence-electron chi connectivity index (χ4n) is 1.84. The second kappa shape index (κ2) is 8.27. The SMILES string of the molecule is CCCCCCC(C)NCc1cc(C(=O)O)cs1. The van der Waals surface area contributed by atoms with Gasteiger partial charge in [0.15, 0.2) is 0 Å². The Bertz CT molecular complexity index is 362. The molecule has 0 aromatic carbocycles. The van der Waals surface area contributed by atoms with Crippen LogP contribution in [0.25, 0.3) is 0 Å². The lowest BCUT2D eigenvalue weighted by molar-refractivity contribution is 0.0697. The van der Waals surface area contributed by atoms with Gasteiger partial charge >= 0.3 is 5.97 Å². The summed E-state index contributed by atoms with van der Waals surface area (Å²) in [5.74, 6) is -0.842. The Morgan fingerprint density at radius 3 is 2.83 bits per heavy atom. The number of carbonyl (C=O) groups is 1. The van der Waals surface area contributed by atoms with Crippen molar-refractivity contribution < 1.29 is 9.90 Å². The van der Waals surface area contributed by atoms with E-state index in [1.54, 1.807) is 11.4 Å². The van der Waals surface area contributed by atoms with Crippen LogP contribution in [-0.4, -0.2) is 17.1 Å². The van der Waals surface area contributed by atoms with Crippen LogP contribution in [0.1, 0.15) is 61.2 Å². The molecule has 0 spiro atoms. The van der Waals surface area contributed by atoms with Crippen molar-refractivity contribution in [2.45, 2.75) is 58.5 Å². The quantitative estimate of drug-likeness (QED) is 0.669. The smallest absolute Gasteiger partial charge is 0.336 e. The monoisotopic (exact) mass is 269 g/mol. The molecule has 0 radical (unpaired) electrons. The summed E-state index contributed by atoms with van der Waals surface area (Å²) >= 11 is 1.51. The van der Waals surface area contributed by atoms with Gasteiger partial charge in [-0.2, -0.15) is 0 Å². The van der Waals surface area contributed by atoms with E-state index in [0.717, 1.165) is 11.4 Å². The van der Waals surface area contributed by atoms with Crippen LogP contribution in [0.3, 0.4) is 0 Å². The minimum Gasteiger partial charge on any atom is -0.478 e. The molecule has 0 aliphatic rings. The highest BCUT2D eigenvalue weighted by atomic mass is 32.1. The molecule has 0 fully saturated rings. The summed E-state index contributed by atoms with van der Waals surface area (Å²) in [4.78, 5) is 11.8. The molecular weight excluding hydrogens is 246 g/mol. The molecule has 1 heterocycles. The van der Waals surface area contributed by atoms with Gasteiger partial charge < -0.3 is 10.4 Å². The zero-order valence-electron chi connectivity index (χ0n) is 11.2. The molecule has 0 saturated carbocycles. The van der Waals surface area contributed by atoms with Crippen LogP contribution in [-0.2, 0) is 6.54 Å². The van der Waals surface area contributed by atoms with E-state index < -0.39 is 5.97 Å². The first-order valence-electron chi connectivity index (χ1n) is 6.67. The molecule has 1 unspecified atom stereocenters. The van der Waals surface area contributed by atoms with Gasteiger partial charge in [0.2, 0.25) is 0 Å². The van der Waals surface area contributed by atoms with Gasteiger partial charge in [0.25, 0.3) is 0 Å². The van der Waals surface area contributed by atoms with Crippen molar-refractivity contribution in [2.24, 2.45) is 0 Å². The van der Waals surface area contributed by atoms with E-state index >= 15 is 0 Å². The molecule has 4 heteroatoms. The van der Waals surface area contributed by atoms with E-state index in [4.69, 9.17) is 5.11 Å². The largest absolute Gasteiger partial charge is 0.478 e. The summed E-state index contributed by atoms with van der Waals surface area (Å²) in [6.45, 7) is 5.18. The predicted molar refractivity (Wildman–Crippen MR) is 76.3 cm³/mol. The highest BCUT2D eigenvalue weighted by Gasteiger charge is 2.07. The summed E-state index contributed by atoms with van der Waals surface area (Å²) in [5, 5.41) is 14.0. The molecule has 18 heavy (non-hydrogen) atoms. The Balaban J connectivity index is 2.20. The van der Waals surface area contributed by atoms with Crippen LogP contribution in [0.15, 0.2) is 11.4 Å². The third-order valence-electron chi connectivity index (χ3n) is 3.02. The number of carboxylic acids is 1. The molecule has 0 saturated heterocycles. The Hall–Kier alpha value is -0.870. The van der Waals surface area contributed by atoms with Crippen molar-refractivity contribution in [3.05, 3.63) is 21.9 Å². The number of carboxylic acid groups (broad SMARTS) is 1. The number of rotatable bonds is 9. The molecule has 0 amide bonds. The van der Waals surface area contributed by atoms with Gasteiger partial charge in [-0.05, 0) is 19.4 Å². The van der Waals surface area contributed by atoms with Crippen molar-refractivity contribution in [3.8, 4) is 0 Å². The normalized spacial score (nSPS) is 12.6. The minimum atomic E-state index is -0.842. The van der Waals surface area contributed by atoms with Crippen molar-refractivity contribution in [2.75, 3.05) is 0 Å². The first-order valence-corrected chi connectivity index (χ1v) is 7.55. The highest BCUT2D eigenvalue weighted by Crippen LogP contribution is 2.15. The molecular formula is C14H23NO2S. The summed E-state index contributed by atoms with van der Waals surface area (Å²) in [7, 11) is 0. The Morgan fingerprint density at radius 1 is 1.44 bits per heavy atom. The van der Waals surface area contributed by atoms with Gasteiger partial charge in [-0.1, -0.05) is 32.6 Å². The lowest BCUT2D eigenvalue weighted by atomic mass is 10.1. The summed E-state index contributed by atoms with van der Waals surface area (Å²) in [5.41, 5.74) is 0.396. The standard InChI is InChI=1S/C14H23NO2S/c1-3-4-5-6-7-11(2)15-9-13-8-12(10-18-13)14(16)17/h8,10-11,15H,3-7,9H2,1-2H3,(H,16,17). The van der Waals surface area contributed by atoms with Crippen LogP contribution in [0.2, 0.25) is 0 Å². The Morgan fingerprint density at radius 2 is 2.22 bits per heavy atom. The summed E-state index contributed by atoms with van der Waals surface area (Å²) < 4.78 is 0. The van der Waals surface area contributed by atoms with Crippen molar-refractivity contribution >= 4 is 17.3 Å². The van der Waals surface area contributed by atoms with Crippen LogP contribution < -0.4 is 5.32 Å². The molecule has 0 bridgehead atoms. The predicted octanol–water partition coefficient (Wildman–Crippen LogP) is 3.89. The maximum atomic E-state index is 10.7. The van der Waals surface area contributed by atoms with Gasteiger partial charge in [-0.15, -0.1) is 11.3 Å². The summed E-state index contributed by atoms with van der Waals surface area (Å²) in [6, 6.07) is 2.25. The van der Waals surface area contributed by atoms with E-state index in [2.05, 4.69) is 19.2 Å². The highest BCUT2D eigenvalue weighted by molar-refractivity contribution is 7.10. The number of aromatic carboxylic acids is 1. The van der Waals surface area contributed by atoms with E-state index in [9.17, 15) is 4.79 Å². The number of thiophene rings is 1. The molecule has 3 nitrogen and oxygen atoms in total. The first kappa shape index (κ1) is 15.2. The third kappa shape index (κ3) is 5.65. The molecule has 0 aliphatic heterocycles. The van der Waals surface area contributed by atoms with Crippen LogP contribution in [0, 0.1) is 0 Å². The fraction of sp³-hybridized carbons (Fsp3) is 0.643. The van der Waals surface area contributed by atoms with E-state index in [1.165, 1.54) is 43.4 Å². The van der Waals surface area contributed by atoms with E-state index in [1.807, 2.05) is 0 Å². The Labute approximate surface area is 113 Å². The fourth-order valence-corrected chi connectivity index (χ4v) is 2.65. The van der Waals surface area contributed by atoms with Gasteiger partial charge in [0, 0.05) is 22.8 Å².